The molecule has 1 saturated heterocycles. The van der Waals surface area contributed by atoms with E-state index in [0.29, 0.717) is 6.04 Å². The van der Waals surface area contributed by atoms with Crippen molar-refractivity contribution in [2.45, 2.75) is 32.2 Å². The van der Waals surface area contributed by atoms with Crippen molar-refractivity contribution in [1.82, 2.24) is 15.2 Å². The van der Waals surface area contributed by atoms with Gasteiger partial charge in [-0.25, -0.2) is 0 Å². The van der Waals surface area contributed by atoms with E-state index < -0.39 is 0 Å². The van der Waals surface area contributed by atoms with Gasteiger partial charge >= 0.3 is 0 Å². The molecule has 0 saturated carbocycles. The van der Waals surface area contributed by atoms with Crippen LogP contribution in [-0.4, -0.2) is 42.6 Å². The maximum Gasteiger partial charge on any atom is 0.0416 e. The van der Waals surface area contributed by atoms with Gasteiger partial charge in [0.25, 0.3) is 0 Å². The number of piperidine rings is 1. The average Bonchev–Trinajstić information content (AvgIpc) is 2.38. The molecule has 1 aliphatic rings. The second-order valence-electron chi connectivity index (χ2n) is 5.61. The third kappa shape index (κ3) is 4.39. The number of rotatable bonds is 5. The molecular weight excluding hydrogens is 222 g/mol. The van der Waals surface area contributed by atoms with E-state index in [1.807, 2.05) is 12.3 Å². The SMILES string of the molecule is CC1CCNC(CN(C)CCc2ccccn2)C1. The fraction of sp³-hybridized carbons (Fsp3) is 0.667. The van der Waals surface area contributed by atoms with E-state index in [1.54, 1.807) is 0 Å². The maximum absolute atomic E-state index is 4.37. The lowest BCUT2D eigenvalue weighted by Gasteiger charge is -2.31. The molecule has 2 unspecified atom stereocenters. The minimum absolute atomic E-state index is 0.669. The Balaban J connectivity index is 1.70. The molecule has 0 amide bonds. The molecule has 3 nitrogen and oxygen atoms in total. The molecule has 2 rings (SSSR count). The molecule has 0 spiro atoms. The van der Waals surface area contributed by atoms with Crippen LogP contribution in [0.4, 0.5) is 0 Å². The molecule has 0 aliphatic carbocycles. The molecule has 0 aromatic carbocycles. The van der Waals surface area contributed by atoms with Crippen molar-refractivity contribution in [3.05, 3.63) is 30.1 Å². The van der Waals surface area contributed by atoms with Crippen LogP contribution < -0.4 is 5.32 Å². The normalized spacial score (nSPS) is 24.4. The monoisotopic (exact) mass is 247 g/mol. The topological polar surface area (TPSA) is 28.2 Å². The van der Waals surface area contributed by atoms with Crippen molar-refractivity contribution in [3.8, 4) is 0 Å². The van der Waals surface area contributed by atoms with Crippen LogP contribution in [0, 0.1) is 5.92 Å². The van der Waals surface area contributed by atoms with Crippen LogP contribution in [0.3, 0.4) is 0 Å². The van der Waals surface area contributed by atoms with Gasteiger partial charge in [-0.1, -0.05) is 13.0 Å². The van der Waals surface area contributed by atoms with Crippen molar-refractivity contribution >= 4 is 0 Å². The minimum Gasteiger partial charge on any atom is -0.313 e. The highest BCUT2D eigenvalue weighted by Gasteiger charge is 2.19. The summed E-state index contributed by atoms with van der Waals surface area (Å²) in [4.78, 5) is 6.79. The van der Waals surface area contributed by atoms with Gasteiger partial charge in [-0.2, -0.15) is 0 Å². The molecule has 1 aliphatic heterocycles. The molecule has 2 atom stereocenters. The average molecular weight is 247 g/mol. The van der Waals surface area contributed by atoms with Crippen molar-refractivity contribution in [3.63, 3.8) is 0 Å². The van der Waals surface area contributed by atoms with Gasteiger partial charge in [0.2, 0.25) is 0 Å². The highest BCUT2D eigenvalue weighted by atomic mass is 15.1. The predicted octanol–water partition coefficient (Wildman–Crippen LogP) is 1.94. The van der Waals surface area contributed by atoms with Crippen molar-refractivity contribution in [2.24, 2.45) is 5.92 Å². The molecule has 0 bridgehead atoms. The zero-order chi connectivity index (χ0) is 12.8. The van der Waals surface area contributed by atoms with Crippen LogP contribution >= 0.6 is 0 Å². The number of hydrogen-bond donors (Lipinski definition) is 1. The van der Waals surface area contributed by atoms with Gasteiger partial charge in [0.05, 0.1) is 0 Å². The first-order valence-corrected chi connectivity index (χ1v) is 7.06. The quantitative estimate of drug-likeness (QED) is 0.862. The first-order valence-electron chi connectivity index (χ1n) is 7.06. The van der Waals surface area contributed by atoms with E-state index in [-0.39, 0.29) is 0 Å². The van der Waals surface area contributed by atoms with Gasteiger partial charge in [0.1, 0.15) is 0 Å². The molecule has 0 radical (unpaired) electrons. The third-order valence-electron chi connectivity index (χ3n) is 3.76. The Morgan fingerprint density at radius 3 is 3.06 bits per heavy atom. The summed E-state index contributed by atoms with van der Waals surface area (Å²) in [5.74, 6) is 0.875. The van der Waals surface area contributed by atoms with Crippen LogP contribution in [0.1, 0.15) is 25.5 Å². The number of likely N-dealkylation sites (N-methyl/N-ethyl adjacent to an activating group) is 1. The van der Waals surface area contributed by atoms with Gasteiger partial charge in [0.15, 0.2) is 0 Å². The molecule has 100 valence electrons. The van der Waals surface area contributed by atoms with Crippen LogP contribution in [0.2, 0.25) is 0 Å². The molecule has 1 aromatic heterocycles. The van der Waals surface area contributed by atoms with E-state index in [9.17, 15) is 0 Å². The van der Waals surface area contributed by atoms with Gasteiger partial charge in [0, 0.05) is 37.4 Å². The van der Waals surface area contributed by atoms with Crippen LogP contribution in [0.15, 0.2) is 24.4 Å². The van der Waals surface area contributed by atoms with Gasteiger partial charge in [-0.05, 0) is 44.5 Å². The lowest BCUT2D eigenvalue weighted by molar-refractivity contribution is 0.236. The van der Waals surface area contributed by atoms with Gasteiger partial charge in [-0.15, -0.1) is 0 Å². The highest BCUT2D eigenvalue weighted by molar-refractivity contribution is 5.03. The summed E-state index contributed by atoms with van der Waals surface area (Å²) >= 11 is 0. The molecule has 3 heteroatoms. The molecule has 1 fully saturated rings. The predicted molar refractivity (Wildman–Crippen MR) is 75.6 cm³/mol. The summed E-state index contributed by atoms with van der Waals surface area (Å²) in [6, 6.07) is 6.81. The fourth-order valence-corrected chi connectivity index (χ4v) is 2.68. The second-order valence-corrected chi connectivity index (χ2v) is 5.61. The Kier molecular flexibility index (Phi) is 5.14. The van der Waals surface area contributed by atoms with E-state index in [2.05, 4.69) is 41.3 Å². The van der Waals surface area contributed by atoms with Crippen LogP contribution in [0.25, 0.3) is 0 Å². The van der Waals surface area contributed by atoms with Crippen molar-refractivity contribution in [1.29, 1.82) is 0 Å². The number of hydrogen-bond acceptors (Lipinski definition) is 3. The van der Waals surface area contributed by atoms with E-state index in [4.69, 9.17) is 0 Å². The van der Waals surface area contributed by atoms with Crippen LogP contribution in [0.5, 0.6) is 0 Å². The summed E-state index contributed by atoms with van der Waals surface area (Å²) in [6.45, 7) is 5.78. The summed E-state index contributed by atoms with van der Waals surface area (Å²) in [5.41, 5.74) is 1.19. The Morgan fingerprint density at radius 2 is 2.33 bits per heavy atom. The number of aromatic nitrogens is 1. The number of pyridine rings is 1. The van der Waals surface area contributed by atoms with Gasteiger partial charge < -0.3 is 10.2 Å². The van der Waals surface area contributed by atoms with Crippen LogP contribution in [-0.2, 0) is 6.42 Å². The highest BCUT2D eigenvalue weighted by Crippen LogP contribution is 2.15. The smallest absolute Gasteiger partial charge is 0.0416 e. The van der Waals surface area contributed by atoms with E-state index in [0.717, 1.165) is 25.4 Å². The fourth-order valence-electron chi connectivity index (χ4n) is 2.68. The molecule has 1 aromatic rings. The zero-order valence-electron chi connectivity index (χ0n) is 11.6. The first-order chi connectivity index (χ1) is 8.74. The van der Waals surface area contributed by atoms with Crippen molar-refractivity contribution in [2.75, 3.05) is 26.7 Å². The first kappa shape index (κ1) is 13.5. The number of nitrogens with one attached hydrogen (secondary N) is 1. The van der Waals surface area contributed by atoms with E-state index >= 15 is 0 Å². The summed E-state index contributed by atoms with van der Waals surface area (Å²) < 4.78 is 0. The molecular formula is C15H25N3. The molecule has 2 heterocycles. The lowest BCUT2D eigenvalue weighted by Crippen LogP contribution is -2.44. The van der Waals surface area contributed by atoms with Crippen molar-refractivity contribution < 1.29 is 0 Å². The Hall–Kier alpha value is -0.930. The minimum atomic E-state index is 0.669. The summed E-state index contributed by atoms with van der Waals surface area (Å²) in [6.07, 6.45) is 5.56. The third-order valence-corrected chi connectivity index (χ3v) is 3.76. The standard InChI is InChI=1S/C15H25N3/c1-13-6-9-17-15(11-13)12-18(2)10-7-14-5-3-4-8-16-14/h3-5,8,13,15,17H,6-7,9-12H2,1-2H3. The Bertz CT molecular complexity index is 339. The molecule has 1 N–H and O–H groups in total. The van der Waals surface area contributed by atoms with E-state index in [1.165, 1.54) is 25.1 Å². The Labute approximate surface area is 111 Å². The zero-order valence-corrected chi connectivity index (χ0v) is 11.6. The summed E-state index contributed by atoms with van der Waals surface area (Å²) in [7, 11) is 2.21. The maximum atomic E-state index is 4.37. The molecule has 18 heavy (non-hydrogen) atoms. The largest absolute Gasteiger partial charge is 0.313 e. The second kappa shape index (κ2) is 6.86. The lowest BCUT2D eigenvalue weighted by atomic mass is 9.94. The number of nitrogens with zero attached hydrogens (tertiary/aromatic N) is 2. The Morgan fingerprint density at radius 1 is 1.44 bits per heavy atom. The van der Waals surface area contributed by atoms with Gasteiger partial charge in [-0.3, -0.25) is 4.98 Å². The summed E-state index contributed by atoms with van der Waals surface area (Å²) in [5, 5.41) is 3.62.